The molecule has 2 saturated heterocycles. The van der Waals surface area contributed by atoms with Crippen LogP contribution in [-0.2, 0) is 9.53 Å². The monoisotopic (exact) mass is 401 g/mol. The lowest BCUT2D eigenvalue weighted by molar-refractivity contribution is -0.119. The molecule has 1 aromatic carbocycles. The molecule has 2 fully saturated rings. The van der Waals surface area contributed by atoms with E-state index in [-0.39, 0.29) is 12.0 Å². The number of rotatable bonds is 7. The summed E-state index contributed by atoms with van der Waals surface area (Å²) in [6.07, 6.45) is 5.88. The maximum absolute atomic E-state index is 12.3. The average Bonchev–Trinajstić information content (AvgIpc) is 3.42. The van der Waals surface area contributed by atoms with Crippen molar-refractivity contribution in [3.8, 4) is 5.69 Å². The fraction of sp³-hybridized carbons (Fsp3) is 0.550. The van der Waals surface area contributed by atoms with Crippen LogP contribution in [0.3, 0.4) is 0 Å². The Bertz CT molecular complexity index is 770. The van der Waals surface area contributed by atoms with Crippen molar-refractivity contribution in [1.82, 2.24) is 20.1 Å². The summed E-state index contributed by atoms with van der Waals surface area (Å²) in [7, 11) is 0. The Balaban J connectivity index is 1.45. The topological polar surface area (TPSA) is 72.3 Å². The number of thioether (sulfide) groups is 1. The van der Waals surface area contributed by atoms with Crippen LogP contribution in [0.2, 0.25) is 0 Å². The van der Waals surface area contributed by atoms with E-state index >= 15 is 0 Å². The predicted molar refractivity (Wildman–Crippen MR) is 110 cm³/mol. The summed E-state index contributed by atoms with van der Waals surface area (Å²) in [5.74, 6) is 1.19. The van der Waals surface area contributed by atoms with Crippen molar-refractivity contribution < 1.29 is 9.53 Å². The van der Waals surface area contributed by atoms with Crippen molar-refractivity contribution in [1.29, 1.82) is 0 Å². The van der Waals surface area contributed by atoms with Gasteiger partial charge in [-0.25, -0.2) is 0 Å². The van der Waals surface area contributed by atoms with Gasteiger partial charge in [-0.05, 0) is 44.2 Å². The SMILES string of the molecule is O=C(CSc1nnc(N2CCCCC2)n1-c1ccccc1)NC[C@@H]1CCCO1. The zero-order chi connectivity index (χ0) is 19.2. The number of carbonyl (C=O) groups is 1. The summed E-state index contributed by atoms with van der Waals surface area (Å²) in [6, 6.07) is 10.1. The first-order chi connectivity index (χ1) is 13.8. The molecule has 2 aliphatic rings. The molecule has 1 N–H and O–H groups in total. The Morgan fingerprint density at radius 1 is 1.14 bits per heavy atom. The standard InChI is InChI=1S/C20H27N5O2S/c26-18(21-14-17-10-7-13-27-17)15-28-20-23-22-19(24-11-5-2-6-12-24)25(20)16-8-3-1-4-9-16/h1,3-4,8-9,17H,2,5-7,10-15H2,(H,21,26)/t17-/m0/s1. The van der Waals surface area contributed by atoms with Gasteiger partial charge in [0.25, 0.3) is 0 Å². The number of aromatic nitrogens is 3. The maximum atomic E-state index is 12.3. The van der Waals surface area contributed by atoms with Gasteiger partial charge in [0.15, 0.2) is 5.16 Å². The van der Waals surface area contributed by atoms with E-state index < -0.39 is 0 Å². The van der Waals surface area contributed by atoms with Gasteiger partial charge < -0.3 is 15.0 Å². The average molecular weight is 402 g/mol. The number of ether oxygens (including phenoxy) is 1. The van der Waals surface area contributed by atoms with Crippen molar-refractivity contribution in [2.75, 3.05) is 36.9 Å². The second kappa shape index (κ2) is 9.43. The summed E-state index contributed by atoms with van der Waals surface area (Å²) < 4.78 is 7.63. The molecule has 0 saturated carbocycles. The van der Waals surface area contributed by atoms with E-state index in [1.165, 1.54) is 31.0 Å². The molecule has 0 unspecified atom stereocenters. The number of hydrogen-bond donors (Lipinski definition) is 1. The molecule has 4 rings (SSSR count). The van der Waals surface area contributed by atoms with Crippen LogP contribution in [0.5, 0.6) is 0 Å². The number of carbonyl (C=O) groups excluding carboxylic acids is 1. The minimum atomic E-state index is 0.00244. The molecule has 0 bridgehead atoms. The lowest BCUT2D eigenvalue weighted by Crippen LogP contribution is -2.33. The van der Waals surface area contributed by atoms with Gasteiger partial charge in [-0.15, -0.1) is 10.2 Å². The highest BCUT2D eigenvalue weighted by atomic mass is 32.2. The van der Waals surface area contributed by atoms with Crippen molar-refractivity contribution in [3.63, 3.8) is 0 Å². The Labute approximate surface area is 169 Å². The number of para-hydroxylation sites is 1. The number of piperidine rings is 1. The van der Waals surface area contributed by atoms with Crippen LogP contribution in [-0.4, -0.2) is 58.8 Å². The number of benzene rings is 1. The Morgan fingerprint density at radius 2 is 1.96 bits per heavy atom. The number of amides is 1. The molecule has 2 aliphatic heterocycles. The van der Waals surface area contributed by atoms with E-state index in [0.29, 0.717) is 12.3 Å². The lowest BCUT2D eigenvalue weighted by atomic mass is 10.1. The zero-order valence-electron chi connectivity index (χ0n) is 16.0. The molecule has 2 aromatic rings. The minimum Gasteiger partial charge on any atom is -0.376 e. The van der Waals surface area contributed by atoms with Gasteiger partial charge in [-0.2, -0.15) is 0 Å². The van der Waals surface area contributed by atoms with E-state index in [1.807, 2.05) is 18.2 Å². The third-order valence-corrected chi connectivity index (χ3v) is 6.08. The molecule has 7 nitrogen and oxygen atoms in total. The molecular weight excluding hydrogens is 374 g/mol. The van der Waals surface area contributed by atoms with Crippen LogP contribution in [0.25, 0.3) is 5.69 Å². The van der Waals surface area contributed by atoms with Gasteiger partial charge in [0.2, 0.25) is 11.9 Å². The van der Waals surface area contributed by atoms with E-state index in [1.54, 1.807) is 0 Å². The summed E-state index contributed by atoms with van der Waals surface area (Å²) >= 11 is 1.43. The van der Waals surface area contributed by atoms with Crippen molar-refractivity contribution >= 4 is 23.6 Å². The van der Waals surface area contributed by atoms with Crippen LogP contribution in [0.1, 0.15) is 32.1 Å². The van der Waals surface area contributed by atoms with Crippen molar-refractivity contribution in [2.24, 2.45) is 0 Å². The predicted octanol–water partition coefficient (Wildman–Crippen LogP) is 2.64. The zero-order valence-corrected chi connectivity index (χ0v) is 16.9. The van der Waals surface area contributed by atoms with Crippen LogP contribution in [0.4, 0.5) is 5.95 Å². The Hall–Kier alpha value is -2.06. The summed E-state index contributed by atoms with van der Waals surface area (Å²) in [4.78, 5) is 14.6. The highest BCUT2D eigenvalue weighted by Crippen LogP contribution is 2.28. The maximum Gasteiger partial charge on any atom is 0.232 e. The van der Waals surface area contributed by atoms with E-state index in [0.717, 1.165) is 49.3 Å². The van der Waals surface area contributed by atoms with Crippen LogP contribution < -0.4 is 10.2 Å². The molecule has 1 amide bonds. The molecule has 1 atom stereocenters. The first-order valence-corrected chi connectivity index (χ1v) is 11.1. The van der Waals surface area contributed by atoms with Crippen LogP contribution in [0, 0.1) is 0 Å². The molecule has 1 aromatic heterocycles. The van der Waals surface area contributed by atoms with E-state index in [2.05, 4.69) is 37.1 Å². The normalized spacial score (nSPS) is 19.7. The Morgan fingerprint density at radius 3 is 2.71 bits per heavy atom. The molecule has 0 radical (unpaired) electrons. The number of nitrogens with zero attached hydrogens (tertiary/aromatic N) is 4. The highest BCUT2D eigenvalue weighted by Gasteiger charge is 2.22. The van der Waals surface area contributed by atoms with E-state index in [9.17, 15) is 4.79 Å². The van der Waals surface area contributed by atoms with Gasteiger partial charge in [-0.1, -0.05) is 30.0 Å². The summed E-state index contributed by atoms with van der Waals surface area (Å²) in [5, 5.41) is 12.6. The molecule has 0 spiro atoms. The van der Waals surface area contributed by atoms with Gasteiger partial charge >= 0.3 is 0 Å². The second-order valence-electron chi connectivity index (χ2n) is 7.23. The van der Waals surface area contributed by atoms with Gasteiger partial charge in [0.1, 0.15) is 0 Å². The third kappa shape index (κ3) is 4.67. The molecule has 3 heterocycles. The van der Waals surface area contributed by atoms with Crippen molar-refractivity contribution in [2.45, 2.75) is 43.4 Å². The second-order valence-corrected chi connectivity index (χ2v) is 8.17. The number of nitrogens with one attached hydrogen (secondary N) is 1. The number of hydrogen-bond acceptors (Lipinski definition) is 6. The first-order valence-electron chi connectivity index (χ1n) is 10.1. The third-order valence-electron chi connectivity index (χ3n) is 5.15. The molecule has 28 heavy (non-hydrogen) atoms. The molecular formula is C20H27N5O2S. The van der Waals surface area contributed by atoms with E-state index in [4.69, 9.17) is 4.74 Å². The smallest absolute Gasteiger partial charge is 0.232 e. The van der Waals surface area contributed by atoms with Crippen LogP contribution >= 0.6 is 11.8 Å². The summed E-state index contributed by atoms with van der Waals surface area (Å²) in [6.45, 7) is 3.38. The minimum absolute atomic E-state index is 0.00244. The fourth-order valence-electron chi connectivity index (χ4n) is 3.67. The van der Waals surface area contributed by atoms with Gasteiger partial charge in [0, 0.05) is 26.2 Å². The quantitative estimate of drug-likeness (QED) is 0.719. The van der Waals surface area contributed by atoms with Gasteiger partial charge in [0.05, 0.1) is 17.5 Å². The number of anilines is 1. The Kier molecular flexibility index (Phi) is 6.49. The van der Waals surface area contributed by atoms with Crippen LogP contribution in [0.15, 0.2) is 35.5 Å². The first kappa shape index (κ1) is 19.3. The molecule has 150 valence electrons. The largest absolute Gasteiger partial charge is 0.376 e. The fourth-order valence-corrected chi connectivity index (χ4v) is 4.45. The summed E-state index contributed by atoms with van der Waals surface area (Å²) in [5.41, 5.74) is 1.02. The molecule has 0 aliphatic carbocycles. The van der Waals surface area contributed by atoms with Crippen molar-refractivity contribution in [3.05, 3.63) is 30.3 Å². The molecule has 8 heteroatoms. The lowest BCUT2D eigenvalue weighted by Gasteiger charge is -2.27. The van der Waals surface area contributed by atoms with Gasteiger partial charge in [-0.3, -0.25) is 9.36 Å². The highest BCUT2D eigenvalue weighted by molar-refractivity contribution is 7.99.